The molecule has 1 fully saturated rings. The molecule has 0 aliphatic carbocycles. The minimum Gasteiger partial charge on any atom is -0.380 e. The molecular formula is C15H24N6O. The lowest BCUT2D eigenvalue weighted by atomic mass is 10.2. The van der Waals surface area contributed by atoms with E-state index >= 15 is 0 Å². The van der Waals surface area contributed by atoms with Crippen molar-refractivity contribution in [3.63, 3.8) is 0 Å². The van der Waals surface area contributed by atoms with Crippen molar-refractivity contribution < 1.29 is 4.74 Å². The van der Waals surface area contributed by atoms with Gasteiger partial charge in [-0.3, -0.25) is 9.58 Å². The lowest BCUT2D eigenvalue weighted by Gasteiger charge is -2.40. The van der Waals surface area contributed by atoms with E-state index in [0.29, 0.717) is 6.04 Å². The van der Waals surface area contributed by atoms with Crippen LogP contribution in [0.15, 0.2) is 12.5 Å². The first kappa shape index (κ1) is 15.2. The Hall–Kier alpha value is -1.73. The molecule has 1 aliphatic heterocycles. The quantitative estimate of drug-likeness (QED) is 0.765. The Bertz CT molecular complexity index is 628. The van der Waals surface area contributed by atoms with E-state index in [1.54, 1.807) is 11.0 Å². The predicted molar refractivity (Wildman–Crippen MR) is 86.0 cm³/mol. The second-order valence-corrected chi connectivity index (χ2v) is 5.73. The van der Waals surface area contributed by atoms with Crippen molar-refractivity contribution in [2.75, 3.05) is 44.3 Å². The summed E-state index contributed by atoms with van der Waals surface area (Å²) < 4.78 is 7.26. The van der Waals surface area contributed by atoms with E-state index in [2.05, 4.69) is 31.8 Å². The second-order valence-electron chi connectivity index (χ2n) is 5.73. The first-order chi connectivity index (χ1) is 10.7. The molecule has 3 heterocycles. The van der Waals surface area contributed by atoms with Crippen LogP contribution in [-0.4, -0.2) is 70.1 Å². The zero-order valence-corrected chi connectivity index (χ0v) is 13.6. The number of ether oxygens (including phenoxy) is 1. The van der Waals surface area contributed by atoms with Gasteiger partial charge in [0.05, 0.1) is 18.2 Å². The molecule has 0 saturated carbocycles. The minimum atomic E-state index is 0.482. The molecule has 0 bridgehead atoms. The fourth-order valence-corrected chi connectivity index (χ4v) is 3.05. The van der Waals surface area contributed by atoms with E-state index in [1.807, 2.05) is 20.2 Å². The van der Waals surface area contributed by atoms with Gasteiger partial charge in [-0.05, 0) is 13.8 Å². The van der Waals surface area contributed by atoms with E-state index in [1.165, 1.54) is 0 Å². The smallest absolute Gasteiger partial charge is 0.163 e. The molecule has 2 aromatic heterocycles. The van der Waals surface area contributed by atoms with Crippen LogP contribution in [0.3, 0.4) is 0 Å². The van der Waals surface area contributed by atoms with E-state index in [0.717, 1.165) is 56.2 Å². The molecule has 120 valence electrons. The Labute approximate surface area is 130 Å². The molecule has 1 aliphatic rings. The molecule has 22 heavy (non-hydrogen) atoms. The number of hydrogen-bond acceptors (Lipinski definition) is 6. The molecular weight excluding hydrogens is 280 g/mol. The third-order valence-electron chi connectivity index (χ3n) is 4.30. The first-order valence-electron chi connectivity index (χ1n) is 7.90. The number of fused-ring (bicyclic) bond motifs is 1. The SMILES string of the molecule is CCOCCN1CCN(c2ncnc3c2cnn3C)CC1C. The van der Waals surface area contributed by atoms with E-state index in [4.69, 9.17) is 4.74 Å². The maximum atomic E-state index is 5.47. The number of aromatic nitrogens is 4. The van der Waals surface area contributed by atoms with Crippen LogP contribution in [0.25, 0.3) is 11.0 Å². The van der Waals surface area contributed by atoms with Crippen LogP contribution in [0.5, 0.6) is 0 Å². The third kappa shape index (κ3) is 2.91. The van der Waals surface area contributed by atoms with Crippen LogP contribution in [0.1, 0.15) is 13.8 Å². The monoisotopic (exact) mass is 304 g/mol. The molecule has 3 rings (SSSR count). The number of piperazine rings is 1. The zero-order chi connectivity index (χ0) is 15.5. The topological polar surface area (TPSA) is 59.3 Å². The van der Waals surface area contributed by atoms with Gasteiger partial charge in [0.2, 0.25) is 0 Å². The number of nitrogens with zero attached hydrogens (tertiary/aromatic N) is 6. The molecule has 7 nitrogen and oxygen atoms in total. The Kier molecular flexibility index (Phi) is 4.54. The number of hydrogen-bond donors (Lipinski definition) is 0. The summed E-state index contributed by atoms with van der Waals surface area (Å²) in [5, 5.41) is 5.32. The Morgan fingerprint density at radius 3 is 2.95 bits per heavy atom. The fourth-order valence-electron chi connectivity index (χ4n) is 3.05. The summed E-state index contributed by atoms with van der Waals surface area (Å²) in [4.78, 5) is 13.6. The van der Waals surface area contributed by atoms with Crippen molar-refractivity contribution in [2.24, 2.45) is 7.05 Å². The van der Waals surface area contributed by atoms with Crippen molar-refractivity contribution in [3.05, 3.63) is 12.5 Å². The predicted octanol–water partition coefficient (Wildman–Crippen LogP) is 0.910. The molecule has 0 N–H and O–H groups in total. The van der Waals surface area contributed by atoms with Gasteiger partial charge >= 0.3 is 0 Å². The molecule has 1 atom stereocenters. The van der Waals surface area contributed by atoms with E-state index < -0.39 is 0 Å². The highest BCUT2D eigenvalue weighted by atomic mass is 16.5. The van der Waals surface area contributed by atoms with Crippen molar-refractivity contribution >= 4 is 16.9 Å². The van der Waals surface area contributed by atoms with Crippen LogP contribution in [0, 0.1) is 0 Å². The zero-order valence-electron chi connectivity index (χ0n) is 13.6. The van der Waals surface area contributed by atoms with Gasteiger partial charge in [0.25, 0.3) is 0 Å². The van der Waals surface area contributed by atoms with Gasteiger partial charge in [-0.2, -0.15) is 5.10 Å². The van der Waals surface area contributed by atoms with Gasteiger partial charge in [0, 0.05) is 45.9 Å². The molecule has 0 spiro atoms. The molecule has 1 unspecified atom stereocenters. The van der Waals surface area contributed by atoms with Gasteiger partial charge in [-0.1, -0.05) is 0 Å². The van der Waals surface area contributed by atoms with Gasteiger partial charge < -0.3 is 9.64 Å². The van der Waals surface area contributed by atoms with Crippen LogP contribution in [0.2, 0.25) is 0 Å². The maximum absolute atomic E-state index is 5.47. The van der Waals surface area contributed by atoms with Crippen molar-refractivity contribution in [3.8, 4) is 0 Å². The average molecular weight is 304 g/mol. The highest BCUT2D eigenvalue weighted by Gasteiger charge is 2.25. The lowest BCUT2D eigenvalue weighted by molar-refractivity contribution is 0.0925. The Morgan fingerprint density at radius 2 is 2.18 bits per heavy atom. The average Bonchev–Trinajstić information content (AvgIpc) is 2.91. The highest BCUT2D eigenvalue weighted by molar-refractivity contribution is 5.86. The van der Waals surface area contributed by atoms with Crippen LogP contribution < -0.4 is 4.90 Å². The maximum Gasteiger partial charge on any atom is 0.163 e. The largest absolute Gasteiger partial charge is 0.380 e. The van der Waals surface area contributed by atoms with Crippen LogP contribution in [0.4, 0.5) is 5.82 Å². The summed E-state index contributed by atoms with van der Waals surface area (Å²) in [6, 6.07) is 0.482. The molecule has 1 saturated heterocycles. The van der Waals surface area contributed by atoms with Gasteiger partial charge in [-0.15, -0.1) is 0 Å². The number of aryl methyl sites for hydroxylation is 1. The van der Waals surface area contributed by atoms with Crippen molar-refractivity contribution in [1.29, 1.82) is 0 Å². The lowest BCUT2D eigenvalue weighted by Crippen LogP contribution is -2.53. The number of anilines is 1. The molecule has 7 heteroatoms. The standard InChI is InChI=1S/C15H24N6O/c1-4-22-8-7-20-5-6-21(10-12(20)2)15-13-9-18-19(3)14(13)16-11-17-15/h9,11-12H,4-8,10H2,1-3H3. The minimum absolute atomic E-state index is 0.482. The summed E-state index contributed by atoms with van der Waals surface area (Å²) in [5.74, 6) is 0.995. The summed E-state index contributed by atoms with van der Waals surface area (Å²) in [7, 11) is 1.91. The van der Waals surface area contributed by atoms with Crippen LogP contribution >= 0.6 is 0 Å². The normalized spacial score (nSPS) is 20.0. The Morgan fingerprint density at radius 1 is 1.32 bits per heavy atom. The van der Waals surface area contributed by atoms with Gasteiger partial charge in [0.1, 0.15) is 12.1 Å². The summed E-state index contributed by atoms with van der Waals surface area (Å²) in [6.07, 6.45) is 3.49. The van der Waals surface area contributed by atoms with E-state index in [-0.39, 0.29) is 0 Å². The van der Waals surface area contributed by atoms with E-state index in [9.17, 15) is 0 Å². The molecule has 0 radical (unpaired) electrons. The fraction of sp³-hybridized carbons (Fsp3) is 0.667. The van der Waals surface area contributed by atoms with Crippen molar-refractivity contribution in [1.82, 2.24) is 24.6 Å². The second kappa shape index (κ2) is 6.58. The van der Waals surface area contributed by atoms with Gasteiger partial charge in [0.15, 0.2) is 5.65 Å². The molecule has 0 aromatic carbocycles. The van der Waals surface area contributed by atoms with Crippen LogP contribution in [-0.2, 0) is 11.8 Å². The van der Waals surface area contributed by atoms with Gasteiger partial charge in [-0.25, -0.2) is 9.97 Å². The first-order valence-corrected chi connectivity index (χ1v) is 7.90. The summed E-state index contributed by atoms with van der Waals surface area (Å²) in [6.45, 7) is 9.85. The number of rotatable bonds is 5. The molecule has 2 aromatic rings. The van der Waals surface area contributed by atoms with Crippen molar-refractivity contribution in [2.45, 2.75) is 19.9 Å². The molecule has 0 amide bonds. The summed E-state index contributed by atoms with van der Waals surface area (Å²) in [5.41, 5.74) is 0.886. The highest BCUT2D eigenvalue weighted by Crippen LogP contribution is 2.24. The third-order valence-corrected chi connectivity index (χ3v) is 4.30. The Balaban J connectivity index is 1.71. The summed E-state index contributed by atoms with van der Waals surface area (Å²) >= 11 is 0.